The molecule has 0 aliphatic heterocycles. The first-order valence-corrected chi connectivity index (χ1v) is 9.86. The molecule has 2 N–H and O–H groups in total. The van der Waals surface area contributed by atoms with Crippen molar-refractivity contribution >= 4 is 32.4 Å². The smallest absolute Gasteiger partial charge is 0.233 e. The Hall–Kier alpha value is -1.89. The van der Waals surface area contributed by atoms with Crippen molar-refractivity contribution in [2.24, 2.45) is 16.7 Å². The lowest BCUT2D eigenvalue weighted by atomic mass is 9.70. The molecule has 2 fully saturated rings. The second-order valence-electron chi connectivity index (χ2n) is 7.70. The third kappa shape index (κ3) is 2.10. The van der Waals surface area contributed by atoms with Crippen LogP contribution in [0.2, 0.25) is 0 Å². The quantitative estimate of drug-likeness (QED) is 0.889. The molecule has 2 aromatic rings. The summed E-state index contributed by atoms with van der Waals surface area (Å²) in [5.74, 6) is 0.281. The molecule has 1 heterocycles. The van der Waals surface area contributed by atoms with Gasteiger partial charge in [-0.15, -0.1) is 0 Å². The molecule has 1 aromatic heterocycles. The molecule has 2 aliphatic rings. The number of anilines is 1. The van der Waals surface area contributed by atoms with Gasteiger partial charge in [0.1, 0.15) is 5.78 Å². The van der Waals surface area contributed by atoms with Crippen molar-refractivity contribution in [1.82, 2.24) is 10.2 Å². The van der Waals surface area contributed by atoms with Crippen LogP contribution < -0.4 is 4.72 Å². The Bertz CT molecular complexity index is 931. The number of carbonyl (C=O) groups is 1. The zero-order valence-electron chi connectivity index (χ0n) is 13.8. The number of nitrogens with one attached hydrogen (secondary N) is 2. The first kappa shape index (κ1) is 15.6. The van der Waals surface area contributed by atoms with E-state index in [1.165, 1.54) is 0 Å². The van der Waals surface area contributed by atoms with Gasteiger partial charge in [0.2, 0.25) is 10.0 Å². The average Bonchev–Trinajstić information content (AvgIpc) is 3.08. The summed E-state index contributed by atoms with van der Waals surface area (Å²) in [4.78, 5) is 12.5. The van der Waals surface area contributed by atoms with Crippen LogP contribution in [-0.2, 0) is 14.8 Å². The number of ketones is 1. The predicted octanol–water partition coefficient (Wildman–Crippen LogP) is 2.70. The van der Waals surface area contributed by atoms with Crippen LogP contribution in [0, 0.1) is 16.7 Å². The van der Waals surface area contributed by atoms with Gasteiger partial charge in [0.15, 0.2) is 0 Å². The lowest BCUT2D eigenvalue weighted by Crippen LogP contribution is -2.43. The topological polar surface area (TPSA) is 91.9 Å². The molecule has 128 valence electrons. The van der Waals surface area contributed by atoms with E-state index in [0.717, 1.165) is 17.3 Å². The van der Waals surface area contributed by atoms with E-state index in [1.54, 1.807) is 18.3 Å². The monoisotopic (exact) mass is 347 g/mol. The Morgan fingerprint density at radius 1 is 1.38 bits per heavy atom. The van der Waals surface area contributed by atoms with Gasteiger partial charge in [-0.1, -0.05) is 13.8 Å². The SMILES string of the molecule is CC1(C)C2CCC1(CS(=O)(=O)Nc1ccc3cn[nH]c3c1)C(=O)C2. The van der Waals surface area contributed by atoms with Crippen LogP contribution in [0.15, 0.2) is 24.4 Å². The lowest BCUT2D eigenvalue weighted by Gasteiger charge is -2.36. The maximum Gasteiger partial charge on any atom is 0.233 e. The van der Waals surface area contributed by atoms with Crippen molar-refractivity contribution in [2.75, 3.05) is 10.5 Å². The van der Waals surface area contributed by atoms with Crippen LogP contribution in [0.3, 0.4) is 0 Å². The Morgan fingerprint density at radius 2 is 2.17 bits per heavy atom. The van der Waals surface area contributed by atoms with Gasteiger partial charge in [0, 0.05) is 11.8 Å². The van der Waals surface area contributed by atoms with Gasteiger partial charge in [-0.2, -0.15) is 5.10 Å². The Kier molecular flexibility index (Phi) is 3.13. The minimum absolute atomic E-state index is 0.109. The number of benzene rings is 1. The second-order valence-corrected chi connectivity index (χ2v) is 9.42. The first-order chi connectivity index (χ1) is 11.2. The number of nitrogens with zero attached hydrogens (tertiary/aromatic N) is 1. The molecule has 24 heavy (non-hydrogen) atoms. The molecule has 6 nitrogen and oxygen atoms in total. The van der Waals surface area contributed by atoms with E-state index in [-0.39, 0.29) is 17.0 Å². The van der Waals surface area contributed by atoms with Crippen molar-refractivity contribution in [1.29, 1.82) is 0 Å². The highest BCUT2D eigenvalue weighted by Gasteiger charge is 2.65. The van der Waals surface area contributed by atoms with E-state index in [2.05, 4.69) is 14.9 Å². The number of hydrogen-bond acceptors (Lipinski definition) is 4. The highest BCUT2D eigenvalue weighted by molar-refractivity contribution is 7.92. The molecule has 0 saturated heterocycles. The van der Waals surface area contributed by atoms with Crippen molar-refractivity contribution in [2.45, 2.75) is 33.1 Å². The maximum absolute atomic E-state index is 12.8. The number of Topliss-reactive ketones (excluding diaryl/α,β-unsaturated/α-hetero) is 1. The molecule has 0 amide bonds. The molecular formula is C17H21N3O3S. The van der Waals surface area contributed by atoms with Gasteiger partial charge < -0.3 is 0 Å². The van der Waals surface area contributed by atoms with Gasteiger partial charge in [-0.3, -0.25) is 14.6 Å². The fourth-order valence-corrected chi connectivity index (χ4v) is 6.53. The number of H-pyrrole nitrogens is 1. The second kappa shape index (κ2) is 4.81. The van der Waals surface area contributed by atoms with Crippen molar-refractivity contribution < 1.29 is 13.2 Å². The van der Waals surface area contributed by atoms with Gasteiger partial charge in [-0.05, 0) is 42.4 Å². The van der Waals surface area contributed by atoms with Crippen LogP contribution in [0.25, 0.3) is 10.9 Å². The number of carbonyl (C=O) groups excluding carboxylic acids is 1. The molecule has 1 aromatic carbocycles. The normalized spacial score (nSPS) is 28.6. The van der Waals surface area contributed by atoms with Crippen molar-refractivity contribution in [3.8, 4) is 0 Å². The van der Waals surface area contributed by atoms with Gasteiger partial charge >= 0.3 is 0 Å². The van der Waals surface area contributed by atoms with Crippen LogP contribution in [0.5, 0.6) is 0 Å². The summed E-state index contributed by atoms with van der Waals surface area (Å²) in [5.41, 5.74) is 0.251. The summed E-state index contributed by atoms with van der Waals surface area (Å²) in [6, 6.07) is 5.24. The fourth-order valence-electron chi connectivity index (χ4n) is 4.65. The van der Waals surface area contributed by atoms with E-state index in [4.69, 9.17) is 0 Å². The zero-order chi connectivity index (χ0) is 17.2. The number of rotatable bonds is 4. The molecule has 2 aliphatic carbocycles. The van der Waals surface area contributed by atoms with Crippen LogP contribution in [0.1, 0.15) is 33.1 Å². The van der Waals surface area contributed by atoms with Crippen molar-refractivity contribution in [3.63, 3.8) is 0 Å². The molecule has 2 bridgehead atoms. The largest absolute Gasteiger partial charge is 0.299 e. The van der Waals surface area contributed by atoms with Crippen LogP contribution in [0.4, 0.5) is 5.69 Å². The number of aromatic amines is 1. The molecular weight excluding hydrogens is 326 g/mol. The number of aromatic nitrogens is 2. The van der Waals surface area contributed by atoms with Crippen LogP contribution >= 0.6 is 0 Å². The molecule has 2 unspecified atom stereocenters. The maximum atomic E-state index is 12.8. The molecule has 2 saturated carbocycles. The highest BCUT2D eigenvalue weighted by atomic mass is 32.2. The minimum Gasteiger partial charge on any atom is -0.299 e. The highest BCUT2D eigenvalue weighted by Crippen LogP contribution is 2.64. The number of hydrogen-bond donors (Lipinski definition) is 2. The molecule has 0 radical (unpaired) electrons. The van der Waals surface area contributed by atoms with E-state index >= 15 is 0 Å². The fraction of sp³-hybridized carbons (Fsp3) is 0.529. The summed E-state index contributed by atoms with van der Waals surface area (Å²) >= 11 is 0. The van der Waals surface area contributed by atoms with E-state index in [9.17, 15) is 13.2 Å². The molecule has 4 rings (SSSR count). The minimum atomic E-state index is -3.62. The Morgan fingerprint density at radius 3 is 2.83 bits per heavy atom. The Balaban J connectivity index is 1.62. The first-order valence-electron chi connectivity index (χ1n) is 8.20. The van der Waals surface area contributed by atoms with Crippen LogP contribution in [-0.4, -0.2) is 30.2 Å². The van der Waals surface area contributed by atoms with Crippen molar-refractivity contribution in [3.05, 3.63) is 24.4 Å². The van der Waals surface area contributed by atoms with Gasteiger partial charge in [0.25, 0.3) is 0 Å². The summed E-state index contributed by atoms with van der Waals surface area (Å²) in [6.07, 6.45) is 3.81. The molecule has 2 atom stereocenters. The average molecular weight is 347 g/mol. The standard InChI is InChI=1S/C17H21N3O3S/c1-16(2)12-5-6-17(16,15(21)7-12)10-24(22,23)20-13-4-3-11-9-18-19-14(11)8-13/h3-4,8-9,12,20H,5-7,10H2,1-2H3,(H,18,19). The summed E-state index contributed by atoms with van der Waals surface area (Å²) in [5, 5.41) is 7.68. The van der Waals surface area contributed by atoms with E-state index in [0.29, 0.717) is 24.4 Å². The van der Waals surface area contributed by atoms with Gasteiger partial charge in [-0.25, -0.2) is 8.42 Å². The Labute approximate surface area is 141 Å². The third-order valence-electron chi connectivity index (χ3n) is 6.29. The summed E-state index contributed by atoms with van der Waals surface area (Å²) in [6.45, 7) is 4.09. The van der Waals surface area contributed by atoms with Gasteiger partial charge in [0.05, 0.1) is 28.6 Å². The number of fused-ring (bicyclic) bond motifs is 3. The zero-order valence-corrected chi connectivity index (χ0v) is 14.6. The molecule has 7 heteroatoms. The predicted molar refractivity (Wildman–Crippen MR) is 92.1 cm³/mol. The number of sulfonamides is 1. The summed E-state index contributed by atoms with van der Waals surface area (Å²) in [7, 11) is -3.62. The van der Waals surface area contributed by atoms with E-state index in [1.807, 2.05) is 19.9 Å². The van der Waals surface area contributed by atoms with E-state index < -0.39 is 15.4 Å². The summed E-state index contributed by atoms with van der Waals surface area (Å²) < 4.78 is 28.1. The molecule has 0 spiro atoms. The third-order valence-corrected chi connectivity index (χ3v) is 7.71. The lowest BCUT2D eigenvalue weighted by molar-refractivity contribution is -0.128.